The Labute approximate surface area is 168 Å². The summed E-state index contributed by atoms with van der Waals surface area (Å²) in [5.41, 5.74) is 1.47. The number of carbonyl (C=O) groups excluding carboxylic acids is 3. The molecule has 0 atom stereocenters. The van der Waals surface area contributed by atoms with Crippen LogP contribution in [0.1, 0.15) is 51.9 Å². The van der Waals surface area contributed by atoms with Crippen LogP contribution in [0.3, 0.4) is 0 Å². The minimum absolute atomic E-state index is 0.170. The number of rotatable bonds is 7. The molecule has 6 nitrogen and oxygen atoms in total. The highest BCUT2D eigenvalue weighted by atomic mass is 32.1. The van der Waals surface area contributed by atoms with Crippen LogP contribution in [0.4, 0.5) is 5.00 Å². The largest absolute Gasteiger partial charge is 0.462 e. The average Bonchev–Trinajstić information content (AvgIpc) is 2.96. The van der Waals surface area contributed by atoms with E-state index in [-0.39, 0.29) is 28.2 Å². The van der Waals surface area contributed by atoms with Gasteiger partial charge in [0.05, 0.1) is 18.3 Å². The molecule has 0 saturated heterocycles. The predicted octanol–water partition coefficient (Wildman–Crippen LogP) is 4.45. The van der Waals surface area contributed by atoms with Crippen LogP contribution in [-0.4, -0.2) is 30.6 Å². The highest BCUT2D eigenvalue weighted by molar-refractivity contribution is 7.18. The van der Waals surface area contributed by atoms with E-state index in [0.717, 1.165) is 16.9 Å². The van der Waals surface area contributed by atoms with E-state index in [1.54, 1.807) is 33.8 Å². The number of nitrogens with one attached hydrogen (secondary N) is 1. The molecule has 7 heteroatoms. The second-order valence-corrected chi connectivity index (χ2v) is 7.19. The molecular formula is C21H23NO5S. The van der Waals surface area contributed by atoms with E-state index in [9.17, 15) is 14.4 Å². The summed E-state index contributed by atoms with van der Waals surface area (Å²) in [5.74, 6) is -1.55. The van der Waals surface area contributed by atoms with E-state index >= 15 is 0 Å². The minimum Gasteiger partial charge on any atom is -0.462 e. The van der Waals surface area contributed by atoms with Gasteiger partial charge in [0.2, 0.25) is 5.91 Å². The summed E-state index contributed by atoms with van der Waals surface area (Å²) in [6, 6.07) is 9.35. The summed E-state index contributed by atoms with van der Waals surface area (Å²) in [6.45, 7) is 6.99. The fraction of sp³-hybridized carbons (Fsp3) is 0.286. The lowest BCUT2D eigenvalue weighted by Crippen LogP contribution is -2.13. The van der Waals surface area contributed by atoms with E-state index in [2.05, 4.69) is 5.32 Å². The lowest BCUT2D eigenvalue weighted by Gasteiger charge is -2.07. The number of thiophene rings is 1. The second kappa shape index (κ2) is 9.85. The van der Waals surface area contributed by atoms with Crippen molar-refractivity contribution in [1.82, 2.24) is 0 Å². The molecular weight excluding hydrogens is 378 g/mol. The quantitative estimate of drug-likeness (QED) is 0.547. The number of amides is 1. The second-order valence-electron chi connectivity index (χ2n) is 6.17. The number of hydrogen-bond donors (Lipinski definition) is 1. The molecule has 1 amide bonds. The first-order valence-corrected chi connectivity index (χ1v) is 9.70. The van der Waals surface area contributed by atoms with E-state index in [1.807, 2.05) is 30.3 Å². The number of esters is 2. The zero-order chi connectivity index (χ0) is 20.7. The third-order valence-electron chi connectivity index (χ3n) is 3.62. The van der Waals surface area contributed by atoms with Crippen LogP contribution in [-0.2, 0) is 14.3 Å². The van der Waals surface area contributed by atoms with Crippen molar-refractivity contribution >= 4 is 40.3 Å². The van der Waals surface area contributed by atoms with Gasteiger partial charge in [-0.05, 0) is 44.9 Å². The van der Waals surface area contributed by atoms with Crippen molar-refractivity contribution in [2.24, 2.45) is 0 Å². The van der Waals surface area contributed by atoms with Crippen LogP contribution in [0.15, 0.2) is 36.4 Å². The van der Waals surface area contributed by atoms with Crippen LogP contribution in [0.5, 0.6) is 0 Å². The zero-order valence-corrected chi connectivity index (χ0v) is 17.1. The Morgan fingerprint density at radius 1 is 1.14 bits per heavy atom. The van der Waals surface area contributed by atoms with Crippen LogP contribution in [0.2, 0.25) is 0 Å². The van der Waals surface area contributed by atoms with Gasteiger partial charge in [-0.3, -0.25) is 4.79 Å². The lowest BCUT2D eigenvalue weighted by molar-refractivity contribution is -0.111. The lowest BCUT2D eigenvalue weighted by atomic mass is 10.1. The Hall–Kier alpha value is -2.93. The summed E-state index contributed by atoms with van der Waals surface area (Å²) >= 11 is 0.999. The molecule has 0 radical (unpaired) electrons. The van der Waals surface area contributed by atoms with Crippen molar-refractivity contribution in [3.63, 3.8) is 0 Å². The average molecular weight is 401 g/mol. The van der Waals surface area contributed by atoms with Gasteiger partial charge >= 0.3 is 11.9 Å². The maximum atomic E-state index is 12.4. The van der Waals surface area contributed by atoms with Gasteiger partial charge in [0.1, 0.15) is 9.88 Å². The summed E-state index contributed by atoms with van der Waals surface area (Å²) in [6.07, 6.45) is 2.73. The Kier molecular flexibility index (Phi) is 7.52. The van der Waals surface area contributed by atoms with Crippen molar-refractivity contribution in [2.75, 3.05) is 11.9 Å². The molecule has 0 aliphatic carbocycles. The first kappa shape index (κ1) is 21.4. The van der Waals surface area contributed by atoms with Crippen molar-refractivity contribution in [3.05, 3.63) is 58.0 Å². The van der Waals surface area contributed by atoms with E-state index < -0.39 is 17.8 Å². The van der Waals surface area contributed by atoms with E-state index in [4.69, 9.17) is 9.47 Å². The van der Waals surface area contributed by atoms with Gasteiger partial charge in [-0.15, -0.1) is 11.3 Å². The molecule has 2 aromatic rings. The molecule has 1 heterocycles. The monoisotopic (exact) mass is 401 g/mol. The fourth-order valence-electron chi connectivity index (χ4n) is 2.40. The maximum absolute atomic E-state index is 12.4. The van der Waals surface area contributed by atoms with Gasteiger partial charge in [0.15, 0.2) is 0 Å². The number of carbonyl (C=O) groups is 3. The Morgan fingerprint density at radius 2 is 1.82 bits per heavy atom. The topological polar surface area (TPSA) is 81.7 Å². The number of hydrogen-bond acceptors (Lipinski definition) is 6. The van der Waals surface area contributed by atoms with Gasteiger partial charge in [-0.25, -0.2) is 9.59 Å². The SMILES string of the molecule is CCOC(=O)c1c(NC(=O)/C=C/c2ccccc2)sc(C(=O)OC(C)C)c1C. The first-order valence-electron chi connectivity index (χ1n) is 8.89. The van der Waals surface area contributed by atoms with Crippen molar-refractivity contribution in [1.29, 1.82) is 0 Å². The van der Waals surface area contributed by atoms with Gasteiger partial charge in [-0.1, -0.05) is 30.3 Å². The normalized spacial score (nSPS) is 10.9. The summed E-state index contributed by atoms with van der Waals surface area (Å²) in [5, 5.41) is 2.93. The Balaban J connectivity index is 2.30. The molecule has 0 bridgehead atoms. The van der Waals surface area contributed by atoms with E-state index in [0.29, 0.717) is 5.56 Å². The van der Waals surface area contributed by atoms with Crippen LogP contribution in [0.25, 0.3) is 6.08 Å². The van der Waals surface area contributed by atoms with Gasteiger partial charge in [-0.2, -0.15) is 0 Å². The molecule has 28 heavy (non-hydrogen) atoms. The molecule has 148 valence electrons. The number of ether oxygens (including phenoxy) is 2. The first-order chi connectivity index (χ1) is 13.3. The van der Waals surface area contributed by atoms with Crippen molar-refractivity contribution in [2.45, 2.75) is 33.8 Å². The molecule has 1 aromatic heterocycles. The molecule has 2 rings (SSSR count). The van der Waals surface area contributed by atoms with Gasteiger partial charge in [0, 0.05) is 6.08 Å². The van der Waals surface area contributed by atoms with Crippen LogP contribution >= 0.6 is 11.3 Å². The molecule has 0 spiro atoms. The molecule has 0 fully saturated rings. The summed E-state index contributed by atoms with van der Waals surface area (Å²) in [4.78, 5) is 37.3. The predicted molar refractivity (Wildman–Crippen MR) is 110 cm³/mol. The third kappa shape index (κ3) is 5.53. The fourth-order valence-corrected chi connectivity index (χ4v) is 3.48. The maximum Gasteiger partial charge on any atom is 0.348 e. The molecule has 1 N–H and O–H groups in total. The van der Waals surface area contributed by atoms with Crippen molar-refractivity contribution in [3.8, 4) is 0 Å². The molecule has 0 aliphatic heterocycles. The van der Waals surface area contributed by atoms with Gasteiger partial charge in [0.25, 0.3) is 0 Å². The highest BCUT2D eigenvalue weighted by Crippen LogP contribution is 2.34. The smallest absolute Gasteiger partial charge is 0.348 e. The highest BCUT2D eigenvalue weighted by Gasteiger charge is 2.27. The minimum atomic E-state index is -0.595. The number of anilines is 1. The van der Waals surface area contributed by atoms with Crippen molar-refractivity contribution < 1.29 is 23.9 Å². The Morgan fingerprint density at radius 3 is 2.43 bits per heavy atom. The van der Waals surface area contributed by atoms with Gasteiger partial charge < -0.3 is 14.8 Å². The molecule has 0 unspecified atom stereocenters. The molecule has 0 aliphatic rings. The molecule has 0 saturated carbocycles. The number of benzene rings is 1. The summed E-state index contributed by atoms with van der Waals surface area (Å²) < 4.78 is 10.3. The van der Waals surface area contributed by atoms with Crippen LogP contribution in [0, 0.1) is 6.92 Å². The summed E-state index contributed by atoms with van der Waals surface area (Å²) in [7, 11) is 0. The van der Waals surface area contributed by atoms with E-state index in [1.165, 1.54) is 6.08 Å². The zero-order valence-electron chi connectivity index (χ0n) is 16.3. The third-order valence-corrected chi connectivity index (χ3v) is 4.81. The van der Waals surface area contributed by atoms with Crippen LogP contribution < -0.4 is 5.32 Å². The Bertz CT molecular complexity index is 884. The standard InChI is InChI=1S/C21H23NO5S/c1-5-26-20(24)17-14(4)18(21(25)27-13(2)3)28-19(17)22-16(23)12-11-15-9-7-6-8-10-15/h6-13H,5H2,1-4H3,(H,22,23)/b12-11+. The molecule has 1 aromatic carbocycles.